The second-order valence-electron chi connectivity index (χ2n) is 4.49. The first-order valence-electron chi connectivity index (χ1n) is 6.23. The zero-order chi connectivity index (χ0) is 14.4. The summed E-state index contributed by atoms with van der Waals surface area (Å²) in [5, 5.41) is 2.69. The molecule has 1 amide bonds. The minimum absolute atomic E-state index is 0.00235. The minimum atomic E-state index is -0.649. The van der Waals surface area contributed by atoms with Gasteiger partial charge in [0.1, 0.15) is 6.04 Å². The molecule has 5 heteroatoms. The Kier molecular flexibility index (Phi) is 5.36. The third kappa shape index (κ3) is 3.98. The summed E-state index contributed by atoms with van der Waals surface area (Å²) in [6.07, 6.45) is 0.761. The van der Waals surface area contributed by atoms with Crippen molar-refractivity contribution in [2.24, 2.45) is 5.92 Å². The van der Waals surface area contributed by atoms with Crippen molar-refractivity contribution >= 4 is 17.6 Å². The van der Waals surface area contributed by atoms with Crippen LogP contribution in [0.1, 0.15) is 30.6 Å². The Morgan fingerprint density at radius 1 is 1.42 bits per heavy atom. The Morgan fingerprint density at radius 2 is 2.11 bits per heavy atom. The third-order valence-electron chi connectivity index (χ3n) is 3.10. The molecule has 5 nitrogen and oxygen atoms in total. The van der Waals surface area contributed by atoms with Crippen LogP contribution < -0.4 is 11.1 Å². The maximum atomic E-state index is 12.1. The highest BCUT2D eigenvalue weighted by molar-refractivity contribution is 5.97. The number of anilines is 1. The summed E-state index contributed by atoms with van der Waals surface area (Å²) in [4.78, 5) is 23.8. The average molecular weight is 264 g/mol. The molecule has 0 aliphatic heterocycles. The van der Waals surface area contributed by atoms with E-state index in [4.69, 9.17) is 10.5 Å². The number of amides is 1. The first-order chi connectivity index (χ1) is 8.99. The van der Waals surface area contributed by atoms with E-state index in [-0.39, 0.29) is 11.8 Å². The first kappa shape index (κ1) is 15.0. The van der Waals surface area contributed by atoms with Gasteiger partial charge in [-0.05, 0) is 24.1 Å². The highest BCUT2D eigenvalue weighted by Gasteiger charge is 2.26. The number of methoxy groups -OCH3 is 1. The molecule has 0 heterocycles. The molecule has 0 unspecified atom stereocenters. The van der Waals surface area contributed by atoms with Gasteiger partial charge in [-0.1, -0.05) is 26.3 Å². The molecule has 1 aromatic rings. The Labute approximate surface area is 113 Å². The standard InChI is InChI=1S/C14H20N2O3/c1-4-9(2)12(14(18)19-3)16-13(17)10-6-5-7-11(15)8-10/h5-9,12H,4,15H2,1-3H3,(H,16,17)/t9-,12-/m0/s1. The number of esters is 1. The first-order valence-corrected chi connectivity index (χ1v) is 6.23. The zero-order valence-electron chi connectivity index (χ0n) is 11.5. The number of benzene rings is 1. The molecular formula is C14H20N2O3. The minimum Gasteiger partial charge on any atom is -0.467 e. The molecule has 0 saturated heterocycles. The van der Waals surface area contributed by atoms with Crippen LogP contribution in [-0.2, 0) is 9.53 Å². The van der Waals surface area contributed by atoms with E-state index in [1.165, 1.54) is 7.11 Å². The van der Waals surface area contributed by atoms with E-state index in [1.54, 1.807) is 24.3 Å². The number of hydrogen-bond donors (Lipinski definition) is 2. The Hall–Kier alpha value is -2.04. The second-order valence-corrected chi connectivity index (χ2v) is 4.49. The summed E-state index contributed by atoms with van der Waals surface area (Å²) in [6.45, 7) is 3.84. The highest BCUT2D eigenvalue weighted by Crippen LogP contribution is 2.12. The van der Waals surface area contributed by atoms with Gasteiger partial charge in [0.15, 0.2) is 0 Å². The van der Waals surface area contributed by atoms with Gasteiger partial charge in [-0.15, -0.1) is 0 Å². The molecule has 0 aliphatic rings. The van der Waals surface area contributed by atoms with E-state index in [2.05, 4.69) is 5.32 Å². The quantitative estimate of drug-likeness (QED) is 0.625. The van der Waals surface area contributed by atoms with Crippen LogP contribution in [-0.4, -0.2) is 25.0 Å². The number of ether oxygens (including phenoxy) is 1. The lowest BCUT2D eigenvalue weighted by Gasteiger charge is -2.21. The van der Waals surface area contributed by atoms with Crippen LogP contribution in [0.4, 0.5) is 5.69 Å². The summed E-state index contributed by atoms with van der Waals surface area (Å²) in [5.41, 5.74) is 6.56. The molecule has 19 heavy (non-hydrogen) atoms. The van der Waals surface area contributed by atoms with E-state index in [0.717, 1.165) is 6.42 Å². The van der Waals surface area contributed by atoms with E-state index in [9.17, 15) is 9.59 Å². The number of rotatable bonds is 5. The number of carbonyl (C=O) groups excluding carboxylic acids is 2. The van der Waals surface area contributed by atoms with Gasteiger partial charge in [0.05, 0.1) is 7.11 Å². The van der Waals surface area contributed by atoms with Gasteiger partial charge in [0.2, 0.25) is 0 Å². The highest BCUT2D eigenvalue weighted by atomic mass is 16.5. The number of nitrogen functional groups attached to an aromatic ring is 1. The van der Waals surface area contributed by atoms with Crippen LogP contribution in [0.15, 0.2) is 24.3 Å². The molecule has 0 spiro atoms. The Bertz CT molecular complexity index is 460. The Morgan fingerprint density at radius 3 is 2.63 bits per heavy atom. The van der Waals surface area contributed by atoms with Crippen molar-refractivity contribution in [3.63, 3.8) is 0 Å². The molecule has 0 saturated carbocycles. The van der Waals surface area contributed by atoms with Gasteiger partial charge in [-0.2, -0.15) is 0 Å². The van der Waals surface area contributed by atoms with Crippen LogP contribution in [0, 0.1) is 5.92 Å². The molecule has 0 fully saturated rings. The van der Waals surface area contributed by atoms with Gasteiger partial charge in [0, 0.05) is 11.3 Å². The van der Waals surface area contributed by atoms with Crippen molar-refractivity contribution in [3.8, 4) is 0 Å². The van der Waals surface area contributed by atoms with Crippen LogP contribution in [0.2, 0.25) is 0 Å². The van der Waals surface area contributed by atoms with E-state index in [1.807, 2.05) is 13.8 Å². The van der Waals surface area contributed by atoms with Gasteiger partial charge in [0.25, 0.3) is 5.91 Å². The molecular weight excluding hydrogens is 244 g/mol. The van der Waals surface area contributed by atoms with Crippen molar-refractivity contribution in [1.82, 2.24) is 5.32 Å². The van der Waals surface area contributed by atoms with Crippen LogP contribution >= 0.6 is 0 Å². The topological polar surface area (TPSA) is 81.4 Å². The summed E-state index contributed by atoms with van der Waals surface area (Å²) < 4.78 is 4.72. The lowest BCUT2D eigenvalue weighted by Crippen LogP contribution is -2.45. The fourth-order valence-electron chi connectivity index (χ4n) is 1.70. The molecule has 104 valence electrons. The lowest BCUT2D eigenvalue weighted by molar-refractivity contribution is -0.144. The Balaban J connectivity index is 2.84. The summed E-state index contributed by atoms with van der Waals surface area (Å²) >= 11 is 0. The molecule has 0 bridgehead atoms. The zero-order valence-corrected chi connectivity index (χ0v) is 11.5. The molecule has 0 aliphatic carbocycles. The molecule has 2 atom stereocenters. The van der Waals surface area contributed by atoms with Crippen molar-refractivity contribution in [3.05, 3.63) is 29.8 Å². The number of carbonyl (C=O) groups is 2. The van der Waals surface area contributed by atoms with Gasteiger partial charge in [-0.3, -0.25) is 4.79 Å². The van der Waals surface area contributed by atoms with Crippen molar-refractivity contribution in [2.75, 3.05) is 12.8 Å². The van der Waals surface area contributed by atoms with Gasteiger partial charge >= 0.3 is 5.97 Å². The van der Waals surface area contributed by atoms with Crippen molar-refractivity contribution in [1.29, 1.82) is 0 Å². The van der Waals surface area contributed by atoms with E-state index < -0.39 is 12.0 Å². The lowest BCUT2D eigenvalue weighted by atomic mass is 9.99. The molecule has 1 rings (SSSR count). The van der Waals surface area contributed by atoms with Gasteiger partial charge < -0.3 is 15.8 Å². The largest absolute Gasteiger partial charge is 0.467 e. The smallest absolute Gasteiger partial charge is 0.328 e. The normalized spacial score (nSPS) is 13.4. The molecule has 0 radical (unpaired) electrons. The monoisotopic (exact) mass is 264 g/mol. The second kappa shape index (κ2) is 6.78. The van der Waals surface area contributed by atoms with Gasteiger partial charge in [-0.25, -0.2) is 4.79 Å². The van der Waals surface area contributed by atoms with Crippen LogP contribution in [0.3, 0.4) is 0 Å². The number of nitrogens with one attached hydrogen (secondary N) is 1. The molecule has 1 aromatic carbocycles. The van der Waals surface area contributed by atoms with E-state index >= 15 is 0 Å². The number of hydrogen-bond acceptors (Lipinski definition) is 4. The maximum absolute atomic E-state index is 12.1. The average Bonchev–Trinajstić information content (AvgIpc) is 2.42. The van der Waals surface area contributed by atoms with Crippen molar-refractivity contribution < 1.29 is 14.3 Å². The predicted molar refractivity (Wildman–Crippen MR) is 73.6 cm³/mol. The van der Waals surface area contributed by atoms with Crippen molar-refractivity contribution in [2.45, 2.75) is 26.3 Å². The van der Waals surface area contributed by atoms with E-state index in [0.29, 0.717) is 11.3 Å². The fourth-order valence-corrected chi connectivity index (χ4v) is 1.70. The molecule has 3 N–H and O–H groups in total. The van der Waals surface area contributed by atoms with Crippen LogP contribution in [0.25, 0.3) is 0 Å². The summed E-state index contributed by atoms with van der Waals surface area (Å²) in [6, 6.07) is 5.96. The number of nitrogens with two attached hydrogens (primary N) is 1. The third-order valence-corrected chi connectivity index (χ3v) is 3.10. The SMILES string of the molecule is CC[C@H](C)[C@H](NC(=O)c1cccc(N)c1)C(=O)OC. The fraction of sp³-hybridized carbons (Fsp3) is 0.429. The summed E-state index contributed by atoms with van der Waals surface area (Å²) in [7, 11) is 1.31. The van der Waals surface area contributed by atoms with Crippen LogP contribution in [0.5, 0.6) is 0 Å². The molecule has 0 aromatic heterocycles. The maximum Gasteiger partial charge on any atom is 0.328 e. The summed E-state index contributed by atoms with van der Waals surface area (Å²) in [5.74, 6) is -0.771. The predicted octanol–water partition coefficient (Wildman–Crippen LogP) is 1.59.